The van der Waals surface area contributed by atoms with E-state index >= 15 is 0 Å². The highest BCUT2D eigenvalue weighted by atomic mass is 79.9. The van der Waals surface area contributed by atoms with Gasteiger partial charge in [-0.1, -0.05) is 15.9 Å². The lowest BCUT2D eigenvalue weighted by atomic mass is 10.1. The fourth-order valence-electron chi connectivity index (χ4n) is 2.73. The molecule has 106 valence electrons. The summed E-state index contributed by atoms with van der Waals surface area (Å²) in [6, 6.07) is 7.93. The van der Waals surface area contributed by atoms with Crippen LogP contribution in [0.5, 0.6) is 0 Å². The van der Waals surface area contributed by atoms with E-state index in [-0.39, 0.29) is 5.63 Å². The fourth-order valence-corrected chi connectivity index (χ4v) is 3.07. The number of halogens is 1. The molecule has 2 aromatic rings. The Kier molecular flexibility index (Phi) is 3.92. The summed E-state index contributed by atoms with van der Waals surface area (Å²) < 4.78 is 6.19. The van der Waals surface area contributed by atoms with Crippen molar-refractivity contribution < 1.29 is 4.42 Å². The van der Waals surface area contributed by atoms with Gasteiger partial charge in [0.2, 0.25) is 0 Å². The van der Waals surface area contributed by atoms with E-state index in [4.69, 9.17) is 4.42 Å². The molecule has 1 aromatic heterocycles. The molecule has 2 heterocycles. The van der Waals surface area contributed by atoms with Crippen molar-refractivity contribution in [1.82, 2.24) is 10.2 Å². The third-order valence-electron chi connectivity index (χ3n) is 3.64. The lowest BCUT2D eigenvalue weighted by Crippen LogP contribution is -2.48. The molecule has 0 amide bonds. The second-order valence-corrected chi connectivity index (χ2v) is 6.24. The second-order valence-electron chi connectivity index (χ2n) is 5.32. The standard InChI is InChI=1S/C15H17BrN2O2/c1-10-8-18(5-4-17-10)9-11-6-15(19)20-14-7-12(16)2-3-13(11)14/h2-3,6-7,10,17H,4-5,8-9H2,1H3/t10-/m0/s1. The van der Waals surface area contributed by atoms with E-state index in [1.54, 1.807) is 6.07 Å². The highest BCUT2D eigenvalue weighted by Crippen LogP contribution is 2.22. The summed E-state index contributed by atoms with van der Waals surface area (Å²) in [4.78, 5) is 14.1. The van der Waals surface area contributed by atoms with Gasteiger partial charge in [0.05, 0.1) is 0 Å². The Morgan fingerprint density at radius 1 is 1.45 bits per heavy atom. The smallest absolute Gasteiger partial charge is 0.336 e. The molecule has 1 aromatic carbocycles. The Bertz CT molecular complexity index is 683. The molecule has 20 heavy (non-hydrogen) atoms. The largest absolute Gasteiger partial charge is 0.423 e. The van der Waals surface area contributed by atoms with E-state index in [9.17, 15) is 4.79 Å². The third kappa shape index (κ3) is 2.95. The number of nitrogens with one attached hydrogen (secondary N) is 1. The van der Waals surface area contributed by atoms with Gasteiger partial charge in [0.1, 0.15) is 5.58 Å². The Labute approximate surface area is 125 Å². The monoisotopic (exact) mass is 336 g/mol. The molecular formula is C15H17BrN2O2. The van der Waals surface area contributed by atoms with Crippen LogP contribution in [0, 0.1) is 0 Å². The molecule has 1 N–H and O–H groups in total. The van der Waals surface area contributed by atoms with Gasteiger partial charge in [0.25, 0.3) is 0 Å². The van der Waals surface area contributed by atoms with Crippen molar-refractivity contribution in [2.75, 3.05) is 19.6 Å². The maximum absolute atomic E-state index is 11.7. The van der Waals surface area contributed by atoms with E-state index in [0.29, 0.717) is 11.6 Å². The molecule has 0 unspecified atom stereocenters. The minimum Gasteiger partial charge on any atom is -0.423 e. The summed E-state index contributed by atoms with van der Waals surface area (Å²) in [5.41, 5.74) is 1.40. The van der Waals surface area contributed by atoms with Gasteiger partial charge in [0, 0.05) is 48.1 Å². The van der Waals surface area contributed by atoms with Crippen LogP contribution in [-0.4, -0.2) is 30.6 Å². The maximum Gasteiger partial charge on any atom is 0.336 e. The van der Waals surface area contributed by atoms with Crippen LogP contribution >= 0.6 is 15.9 Å². The minimum atomic E-state index is -0.284. The van der Waals surface area contributed by atoms with Crippen molar-refractivity contribution in [1.29, 1.82) is 0 Å². The van der Waals surface area contributed by atoms with E-state index in [1.165, 1.54) is 0 Å². The number of benzene rings is 1. The molecule has 0 aliphatic carbocycles. The Hall–Kier alpha value is -1.17. The van der Waals surface area contributed by atoms with Crippen molar-refractivity contribution in [3.8, 4) is 0 Å². The number of nitrogens with zero attached hydrogens (tertiary/aromatic N) is 1. The number of fused-ring (bicyclic) bond motifs is 1. The average Bonchev–Trinajstić information content (AvgIpc) is 2.37. The topological polar surface area (TPSA) is 45.5 Å². The predicted molar refractivity (Wildman–Crippen MR) is 82.9 cm³/mol. The van der Waals surface area contributed by atoms with Gasteiger partial charge >= 0.3 is 5.63 Å². The Morgan fingerprint density at radius 3 is 3.10 bits per heavy atom. The van der Waals surface area contributed by atoms with E-state index in [1.807, 2.05) is 18.2 Å². The van der Waals surface area contributed by atoms with Gasteiger partial charge in [-0.2, -0.15) is 0 Å². The summed E-state index contributed by atoms with van der Waals surface area (Å²) in [6.45, 7) is 5.96. The number of hydrogen-bond donors (Lipinski definition) is 1. The van der Waals surface area contributed by atoms with Crippen LogP contribution in [0.2, 0.25) is 0 Å². The third-order valence-corrected chi connectivity index (χ3v) is 4.13. The molecule has 1 atom stereocenters. The first-order chi connectivity index (χ1) is 9.61. The summed E-state index contributed by atoms with van der Waals surface area (Å²) >= 11 is 3.41. The maximum atomic E-state index is 11.7. The fraction of sp³-hybridized carbons (Fsp3) is 0.400. The number of hydrogen-bond acceptors (Lipinski definition) is 4. The van der Waals surface area contributed by atoms with Crippen LogP contribution < -0.4 is 10.9 Å². The highest BCUT2D eigenvalue weighted by Gasteiger charge is 2.17. The molecule has 4 nitrogen and oxygen atoms in total. The second kappa shape index (κ2) is 5.68. The van der Waals surface area contributed by atoms with Crippen molar-refractivity contribution in [3.63, 3.8) is 0 Å². The number of rotatable bonds is 2. The van der Waals surface area contributed by atoms with E-state index in [2.05, 4.69) is 33.1 Å². The van der Waals surface area contributed by atoms with Crippen LogP contribution in [-0.2, 0) is 6.54 Å². The zero-order valence-corrected chi connectivity index (χ0v) is 12.9. The van der Waals surface area contributed by atoms with Gasteiger partial charge in [-0.25, -0.2) is 4.79 Å². The zero-order chi connectivity index (χ0) is 14.1. The Morgan fingerprint density at radius 2 is 2.30 bits per heavy atom. The van der Waals surface area contributed by atoms with Crippen LogP contribution in [0.4, 0.5) is 0 Å². The quantitative estimate of drug-likeness (QED) is 0.855. The molecule has 1 fully saturated rings. The number of piperazine rings is 1. The molecule has 1 aliphatic heterocycles. The molecule has 1 saturated heterocycles. The zero-order valence-electron chi connectivity index (χ0n) is 11.4. The molecule has 0 spiro atoms. The van der Waals surface area contributed by atoms with Gasteiger partial charge in [-0.05, 0) is 30.7 Å². The minimum absolute atomic E-state index is 0.284. The van der Waals surface area contributed by atoms with E-state index < -0.39 is 0 Å². The Balaban J connectivity index is 1.96. The predicted octanol–water partition coefficient (Wildman–Crippen LogP) is 2.35. The van der Waals surface area contributed by atoms with Crippen LogP contribution in [0.1, 0.15) is 12.5 Å². The van der Waals surface area contributed by atoms with Crippen molar-refractivity contribution in [3.05, 3.63) is 44.7 Å². The summed E-state index contributed by atoms with van der Waals surface area (Å²) in [5, 5.41) is 4.44. The summed E-state index contributed by atoms with van der Waals surface area (Å²) in [5.74, 6) is 0. The van der Waals surface area contributed by atoms with E-state index in [0.717, 1.165) is 41.6 Å². The van der Waals surface area contributed by atoms with Gasteiger partial charge in [-0.15, -0.1) is 0 Å². The normalized spacial score (nSPS) is 20.4. The van der Waals surface area contributed by atoms with Crippen molar-refractivity contribution >= 4 is 26.9 Å². The first kappa shape index (κ1) is 13.8. The van der Waals surface area contributed by atoms with Crippen LogP contribution in [0.15, 0.2) is 37.9 Å². The molecule has 0 bridgehead atoms. The molecule has 3 rings (SSSR count). The summed E-state index contributed by atoms with van der Waals surface area (Å²) in [6.07, 6.45) is 0. The first-order valence-electron chi connectivity index (χ1n) is 6.80. The van der Waals surface area contributed by atoms with Crippen LogP contribution in [0.3, 0.4) is 0 Å². The van der Waals surface area contributed by atoms with Gasteiger partial charge in [0.15, 0.2) is 0 Å². The lowest BCUT2D eigenvalue weighted by molar-refractivity contribution is 0.200. The lowest BCUT2D eigenvalue weighted by Gasteiger charge is -2.31. The average molecular weight is 337 g/mol. The molecular weight excluding hydrogens is 320 g/mol. The van der Waals surface area contributed by atoms with Crippen molar-refractivity contribution in [2.24, 2.45) is 0 Å². The molecule has 0 radical (unpaired) electrons. The van der Waals surface area contributed by atoms with Gasteiger partial charge < -0.3 is 9.73 Å². The first-order valence-corrected chi connectivity index (χ1v) is 7.59. The SMILES string of the molecule is C[C@H]1CN(Cc2cc(=O)oc3cc(Br)ccc23)CCN1. The molecule has 0 saturated carbocycles. The molecule has 1 aliphatic rings. The van der Waals surface area contributed by atoms with Crippen LogP contribution in [0.25, 0.3) is 11.0 Å². The van der Waals surface area contributed by atoms with Gasteiger partial charge in [-0.3, -0.25) is 4.90 Å². The molecule has 5 heteroatoms. The summed E-state index contributed by atoms with van der Waals surface area (Å²) in [7, 11) is 0. The highest BCUT2D eigenvalue weighted by molar-refractivity contribution is 9.10. The van der Waals surface area contributed by atoms with Crippen molar-refractivity contribution in [2.45, 2.75) is 19.5 Å².